The van der Waals surface area contributed by atoms with E-state index in [1.807, 2.05) is 25.8 Å². The van der Waals surface area contributed by atoms with Gasteiger partial charge in [0.05, 0.1) is 0 Å². The second-order valence-corrected chi connectivity index (χ2v) is 5.25. The first-order valence-electron chi connectivity index (χ1n) is 5.97. The van der Waals surface area contributed by atoms with Crippen molar-refractivity contribution in [2.75, 3.05) is 13.6 Å². The van der Waals surface area contributed by atoms with Gasteiger partial charge in [0.2, 0.25) is 5.91 Å². The largest absolute Gasteiger partial charge is 0.339 e. The normalized spacial score (nSPS) is 18.9. The second-order valence-electron chi connectivity index (χ2n) is 5.25. The first kappa shape index (κ1) is 12.5. The average molecular weight is 212 g/mol. The van der Waals surface area contributed by atoms with Crippen LogP contribution < -0.4 is 5.73 Å². The van der Waals surface area contributed by atoms with E-state index in [0.717, 1.165) is 12.8 Å². The Hall–Kier alpha value is -0.570. The molecule has 1 aliphatic rings. The Morgan fingerprint density at radius 3 is 2.33 bits per heavy atom. The summed E-state index contributed by atoms with van der Waals surface area (Å²) in [6, 6.07) is 0. The maximum Gasteiger partial charge on any atom is 0.225 e. The lowest BCUT2D eigenvalue weighted by molar-refractivity contribution is -0.139. The number of carbonyl (C=O) groups is 1. The highest BCUT2D eigenvalue weighted by molar-refractivity contribution is 5.79. The van der Waals surface area contributed by atoms with E-state index in [0.29, 0.717) is 6.54 Å². The third-order valence-electron chi connectivity index (χ3n) is 3.69. The van der Waals surface area contributed by atoms with Crippen LogP contribution in [-0.4, -0.2) is 29.9 Å². The Bertz CT molecular complexity index is 220. The number of hydrogen-bond acceptors (Lipinski definition) is 2. The summed E-state index contributed by atoms with van der Waals surface area (Å²) >= 11 is 0. The molecule has 15 heavy (non-hydrogen) atoms. The summed E-state index contributed by atoms with van der Waals surface area (Å²) in [5.74, 6) is 0.528. The topological polar surface area (TPSA) is 46.3 Å². The number of rotatable bonds is 3. The van der Waals surface area contributed by atoms with Crippen LogP contribution in [-0.2, 0) is 4.79 Å². The van der Waals surface area contributed by atoms with Crippen LogP contribution in [0, 0.1) is 5.92 Å². The van der Waals surface area contributed by atoms with Gasteiger partial charge in [0, 0.05) is 25.0 Å². The van der Waals surface area contributed by atoms with Gasteiger partial charge in [-0.25, -0.2) is 0 Å². The minimum absolute atomic E-state index is 0.214. The van der Waals surface area contributed by atoms with Crippen LogP contribution in [0.4, 0.5) is 0 Å². The van der Waals surface area contributed by atoms with Crippen LogP contribution in [0.15, 0.2) is 0 Å². The maximum absolute atomic E-state index is 12.2. The SMILES string of the molecule is CN(C(=O)C1CCCCC1)C(C)(C)CN. The minimum Gasteiger partial charge on any atom is -0.339 e. The Morgan fingerprint density at radius 2 is 1.87 bits per heavy atom. The molecule has 1 rings (SSSR count). The van der Waals surface area contributed by atoms with Gasteiger partial charge in [-0.05, 0) is 26.7 Å². The Labute approximate surface area is 93.0 Å². The highest BCUT2D eigenvalue weighted by Crippen LogP contribution is 2.27. The van der Waals surface area contributed by atoms with E-state index >= 15 is 0 Å². The third-order valence-corrected chi connectivity index (χ3v) is 3.69. The summed E-state index contributed by atoms with van der Waals surface area (Å²) < 4.78 is 0. The summed E-state index contributed by atoms with van der Waals surface area (Å²) in [5.41, 5.74) is 5.47. The molecule has 1 aliphatic carbocycles. The molecule has 0 heterocycles. The fraction of sp³-hybridized carbons (Fsp3) is 0.917. The molecular weight excluding hydrogens is 188 g/mol. The van der Waals surface area contributed by atoms with Crippen molar-refractivity contribution in [3.8, 4) is 0 Å². The van der Waals surface area contributed by atoms with Crippen molar-refractivity contribution in [1.29, 1.82) is 0 Å². The van der Waals surface area contributed by atoms with Gasteiger partial charge in [0.1, 0.15) is 0 Å². The zero-order chi connectivity index (χ0) is 11.5. The van der Waals surface area contributed by atoms with Crippen molar-refractivity contribution >= 4 is 5.91 Å². The van der Waals surface area contributed by atoms with Crippen LogP contribution in [0.2, 0.25) is 0 Å². The van der Waals surface area contributed by atoms with Crippen LogP contribution in [0.3, 0.4) is 0 Å². The van der Waals surface area contributed by atoms with Crippen molar-refractivity contribution in [2.24, 2.45) is 11.7 Å². The summed E-state index contributed by atoms with van der Waals surface area (Å²) in [6.45, 7) is 4.56. The first-order valence-corrected chi connectivity index (χ1v) is 5.97. The molecule has 3 nitrogen and oxygen atoms in total. The van der Waals surface area contributed by atoms with Gasteiger partial charge in [-0.2, -0.15) is 0 Å². The molecule has 1 saturated carbocycles. The number of nitrogens with two attached hydrogens (primary N) is 1. The fourth-order valence-electron chi connectivity index (χ4n) is 2.06. The second kappa shape index (κ2) is 4.97. The van der Waals surface area contributed by atoms with E-state index in [1.54, 1.807) is 0 Å². The van der Waals surface area contributed by atoms with E-state index in [2.05, 4.69) is 0 Å². The number of carbonyl (C=O) groups excluding carboxylic acids is 1. The van der Waals surface area contributed by atoms with Gasteiger partial charge in [-0.3, -0.25) is 4.79 Å². The van der Waals surface area contributed by atoms with Gasteiger partial charge in [-0.1, -0.05) is 19.3 Å². The summed E-state index contributed by atoms with van der Waals surface area (Å²) in [6.07, 6.45) is 5.81. The molecular formula is C12H24N2O. The number of amides is 1. The van der Waals surface area contributed by atoms with Gasteiger partial charge >= 0.3 is 0 Å². The van der Waals surface area contributed by atoms with Crippen LogP contribution in [0.5, 0.6) is 0 Å². The Morgan fingerprint density at radius 1 is 1.33 bits per heavy atom. The number of hydrogen-bond donors (Lipinski definition) is 1. The predicted molar refractivity (Wildman–Crippen MR) is 62.5 cm³/mol. The van der Waals surface area contributed by atoms with Crippen LogP contribution in [0.25, 0.3) is 0 Å². The van der Waals surface area contributed by atoms with Crippen molar-refractivity contribution in [3.63, 3.8) is 0 Å². The number of nitrogens with zero attached hydrogens (tertiary/aromatic N) is 1. The lowest BCUT2D eigenvalue weighted by Crippen LogP contribution is -2.52. The molecule has 1 fully saturated rings. The standard InChI is InChI=1S/C12H24N2O/c1-12(2,9-13)14(3)11(15)10-7-5-4-6-8-10/h10H,4-9,13H2,1-3H3. The highest BCUT2D eigenvalue weighted by atomic mass is 16.2. The molecule has 2 N–H and O–H groups in total. The van der Waals surface area contributed by atoms with Gasteiger partial charge in [0.15, 0.2) is 0 Å². The molecule has 0 saturated heterocycles. The fourth-order valence-corrected chi connectivity index (χ4v) is 2.06. The van der Waals surface area contributed by atoms with Crippen LogP contribution in [0.1, 0.15) is 46.0 Å². The smallest absolute Gasteiger partial charge is 0.225 e. The molecule has 3 heteroatoms. The maximum atomic E-state index is 12.2. The monoisotopic (exact) mass is 212 g/mol. The van der Waals surface area contributed by atoms with E-state index in [1.165, 1.54) is 19.3 Å². The number of likely N-dealkylation sites (N-methyl/N-ethyl adjacent to an activating group) is 1. The third kappa shape index (κ3) is 2.94. The molecule has 0 aromatic carbocycles. The molecule has 0 atom stereocenters. The lowest BCUT2D eigenvalue weighted by atomic mass is 9.87. The van der Waals surface area contributed by atoms with Gasteiger partial charge < -0.3 is 10.6 Å². The van der Waals surface area contributed by atoms with Crippen molar-refractivity contribution < 1.29 is 4.79 Å². The lowest BCUT2D eigenvalue weighted by Gasteiger charge is -2.37. The molecule has 0 aromatic heterocycles. The molecule has 0 aliphatic heterocycles. The highest BCUT2D eigenvalue weighted by Gasteiger charge is 2.31. The molecule has 0 unspecified atom stereocenters. The van der Waals surface area contributed by atoms with Gasteiger partial charge in [-0.15, -0.1) is 0 Å². The van der Waals surface area contributed by atoms with Crippen LogP contribution >= 0.6 is 0 Å². The van der Waals surface area contributed by atoms with Gasteiger partial charge in [0.25, 0.3) is 0 Å². The zero-order valence-electron chi connectivity index (χ0n) is 10.3. The summed E-state index contributed by atoms with van der Waals surface area (Å²) in [7, 11) is 1.88. The van der Waals surface area contributed by atoms with Crippen molar-refractivity contribution in [1.82, 2.24) is 4.90 Å². The quantitative estimate of drug-likeness (QED) is 0.775. The molecule has 1 amide bonds. The molecule has 88 valence electrons. The van der Waals surface area contributed by atoms with E-state index < -0.39 is 0 Å². The predicted octanol–water partition coefficient (Wildman–Crippen LogP) is 1.76. The zero-order valence-corrected chi connectivity index (χ0v) is 10.3. The van der Waals surface area contributed by atoms with E-state index in [9.17, 15) is 4.79 Å². The molecule has 0 spiro atoms. The Kier molecular flexibility index (Phi) is 4.14. The summed E-state index contributed by atoms with van der Waals surface area (Å²) in [4.78, 5) is 14.0. The van der Waals surface area contributed by atoms with Crippen molar-refractivity contribution in [3.05, 3.63) is 0 Å². The summed E-state index contributed by atoms with van der Waals surface area (Å²) in [5, 5.41) is 0. The molecule has 0 radical (unpaired) electrons. The first-order chi connectivity index (χ1) is 6.99. The molecule has 0 aromatic rings. The minimum atomic E-state index is -0.214. The van der Waals surface area contributed by atoms with E-state index in [-0.39, 0.29) is 17.4 Å². The van der Waals surface area contributed by atoms with Crippen molar-refractivity contribution in [2.45, 2.75) is 51.5 Å². The average Bonchev–Trinajstić information content (AvgIpc) is 2.28. The Balaban J connectivity index is 2.58. The van der Waals surface area contributed by atoms with E-state index in [4.69, 9.17) is 5.73 Å². The molecule has 0 bridgehead atoms.